The topological polar surface area (TPSA) is 34.9 Å². The fourth-order valence-electron chi connectivity index (χ4n) is 0.617. The van der Waals surface area contributed by atoms with E-state index in [9.17, 15) is 4.79 Å². The summed E-state index contributed by atoms with van der Waals surface area (Å²) in [4.78, 5) is 10.7. The van der Waals surface area contributed by atoms with Crippen LogP contribution in [0.1, 0.15) is 17.4 Å². The minimum Gasteiger partial charge on any atom is -0.293 e. The summed E-state index contributed by atoms with van der Waals surface area (Å²) in [7, 11) is 1.81. The Morgan fingerprint density at radius 3 is 2.60 bits per heavy atom. The highest BCUT2D eigenvalue weighted by Gasteiger charge is 2.04. The summed E-state index contributed by atoms with van der Waals surface area (Å²) in [5.74, 6) is 0.0125. The molecule has 0 fully saturated rings. The highest BCUT2D eigenvalue weighted by atomic mass is 127. The zero-order valence-corrected chi connectivity index (χ0v) is 7.92. The van der Waals surface area contributed by atoms with Crippen LogP contribution in [0.2, 0.25) is 0 Å². The van der Waals surface area contributed by atoms with Crippen molar-refractivity contribution in [3.05, 3.63) is 15.5 Å². The van der Waals surface area contributed by atoms with E-state index in [1.165, 1.54) is 6.92 Å². The lowest BCUT2D eigenvalue weighted by molar-refractivity contribution is 0.101. The predicted molar refractivity (Wildman–Crippen MR) is 45.9 cm³/mol. The molecule has 0 saturated carbocycles. The number of hydrogen-bond acceptors (Lipinski definition) is 2. The van der Waals surface area contributed by atoms with Gasteiger partial charge in [-0.2, -0.15) is 5.10 Å². The summed E-state index contributed by atoms with van der Waals surface area (Å²) >= 11 is 2.13. The molecule has 0 bridgehead atoms. The molecule has 1 heterocycles. The average Bonchev–Trinajstić information content (AvgIpc) is 2.13. The van der Waals surface area contributed by atoms with E-state index >= 15 is 0 Å². The van der Waals surface area contributed by atoms with E-state index in [1.807, 2.05) is 7.05 Å². The summed E-state index contributed by atoms with van der Waals surface area (Å²) in [6.45, 7) is 1.51. The number of hydrogen-bond donors (Lipinski definition) is 0. The molecule has 0 spiro atoms. The number of carbonyl (C=O) groups excluding carboxylic acids is 1. The second kappa shape index (κ2) is 2.69. The first-order valence-corrected chi connectivity index (χ1v) is 3.89. The van der Waals surface area contributed by atoms with Gasteiger partial charge in [0.1, 0.15) is 5.69 Å². The van der Waals surface area contributed by atoms with Crippen LogP contribution in [0.3, 0.4) is 0 Å². The molecule has 0 atom stereocenters. The van der Waals surface area contributed by atoms with Crippen LogP contribution in [-0.2, 0) is 7.05 Å². The van der Waals surface area contributed by atoms with E-state index in [-0.39, 0.29) is 5.78 Å². The molecule has 0 aliphatic rings. The van der Waals surface area contributed by atoms with E-state index in [0.717, 1.165) is 3.70 Å². The van der Waals surface area contributed by atoms with Crippen molar-refractivity contribution in [2.24, 2.45) is 7.05 Å². The van der Waals surface area contributed by atoms with Gasteiger partial charge in [0.2, 0.25) is 0 Å². The first kappa shape index (κ1) is 7.71. The second-order valence-corrected chi connectivity index (χ2v) is 3.14. The molecular weight excluding hydrogens is 243 g/mol. The van der Waals surface area contributed by atoms with Gasteiger partial charge in [-0.3, -0.25) is 9.48 Å². The number of nitrogens with zero attached hydrogens (tertiary/aromatic N) is 2. The number of carbonyl (C=O) groups is 1. The third kappa shape index (κ3) is 1.36. The number of halogens is 1. The largest absolute Gasteiger partial charge is 0.293 e. The summed E-state index contributed by atoms with van der Waals surface area (Å²) in [6.07, 6.45) is 0. The molecule has 0 aromatic carbocycles. The van der Waals surface area contributed by atoms with Crippen LogP contribution in [0.4, 0.5) is 0 Å². The number of rotatable bonds is 1. The Labute approximate surface area is 72.6 Å². The number of ketones is 1. The molecule has 1 rings (SSSR count). The highest BCUT2D eigenvalue weighted by Crippen LogP contribution is 2.05. The van der Waals surface area contributed by atoms with Gasteiger partial charge in [0.15, 0.2) is 5.78 Å². The van der Waals surface area contributed by atoms with Crippen LogP contribution >= 0.6 is 22.6 Å². The van der Waals surface area contributed by atoms with Gasteiger partial charge in [-0.15, -0.1) is 0 Å². The van der Waals surface area contributed by atoms with Gasteiger partial charge in [0.05, 0.1) is 3.70 Å². The van der Waals surface area contributed by atoms with Crippen molar-refractivity contribution < 1.29 is 4.79 Å². The molecule has 4 heteroatoms. The van der Waals surface area contributed by atoms with E-state index in [1.54, 1.807) is 10.7 Å². The first-order chi connectivity index (χ1) is 4.61. The van der Waals surface area contributed by atoms with Gasteiger partial charge >= 0.3 is 0 Å². The molecule has 1 aromatic heterocycles. The molecular formula is C6H7IN2O. The maximum atomic E-state index is 10.7. The molecule has 0 aliphatic carbocycles. The van der Waals surface area contributed by atoms with Crippen LogP contribution in [0, 0.1) is 3.70 Å². The minimum atomic E-state index is 0.0125. The van der Waals surface area contributed by atoms with Gasteiger partial charge < -0.3 is 0 Å². The standard InChI is InChI=1S/C6H7IN2O/c1-4(10)5-3-6(7)9(2)8-5/h3H,1-2H3. The van der Waals surface area contributed by atoms with Gasteiger partial charge in [0.25, 0.3) is 0 Å². The van der Waals surface area contributed by atoms with Crippen LogP contribution in [0.15, 0.2) is 6.07 Å². The Balaban J connectivity index is 3.10. The lowest BCUT2D eigenvalue weighted by Crippen LogP contribution is -1.96. The smallest absolute Gasteiger partial charge is 0.180 e. The van der Waals surface area contributed by atoms with Crippen molar-refractivity contribution in [3.8, 4) is 0 Å². The fraction of sp³-hybridized carbons (Fsp3) is 0.333. The minimum absolute atomic E-state index is 0.0125. The fourth-order valence-corrected chi connectivity index (χ4v) is 1.02. The normalized spacial score (nSPS) is 9.90. The van der Waals surface area contributed by atoms with Gasteiger partial charge in [-0.25, -0.2) is 0 Å². The SMILES string of the molecule is CC(=O)c1cc(I)n(C)n1. The van der Waals surface area contributed by atoms with Crippen molar-refractivity contribution >= 4 is 28.4 Å². The quantitative estimate of drug-likeness (QED) is 0.555. The predicted octanol–water partition coefficient (Wildman–Crippen LogP) is 1.23. The Kier molecular flexibility index (Phi) is 2.08. The maximum absolute atomic E-state index is 10.7. The Hall–Kier alpha value is -0.390. The molecule has 0 amide bonds. The highest BCUT2D eigenvalue weighted by molar-refractivity contribution is 14.1. The van der Waals surface area contributed by atoms with Crippen molar-refractivity contribution in [2.75, 3.05) is 0 Å². The lowest BCUT2D eigenvalue weighted by Gasteiger charge is -1.86. The lowest BCUT2D eigenvalue weighted by atomic mass is 10.3. The van der Waals surface area contributed by atoms with E-state index in [4.69, 9.17) is 0 Å². The zero-order chi connectivity index (χ0) is 7.72. The van der Waals surface area contributed by atoms with Gasteiger partial charge in [-0.1, -0.05) is 0 Å². The van der Waals surface area contributed by atoms with Gasteiger partial charge in [-0.05, 0) is 22.6 Å². The van der Waals surface area contributed by atoms with Crippen molar-refractivity contribution in [1.82, 2.24) is 9.78 Å². The van der Waals surface area contributed by atoms with Crippen molar-refractivity contribution in [3.63, 3.8) is 0 Å². The summed E-state index contributed by atoms with van der Waals surface area (Å²) in [6, 6.07) is 1.77. The zero-order valence-electron chi connectivity index (χ0n) is 5.76. The molecule has 10 heavy (non-hydrogen) atoms. The molecule has 3 nitrogen and oxygen atoms in total. The molecule has 0 unspecified atom stereocenters. The molecule has 0 radical (unpaired) electrons. The Morgan fingerprint density at radius 1 is 1.80 bits per heavy atom. The summed E-state index contributed by atoms with van der Waals surface area (Å²) < 4.78 is 2.65. The van der Waals surface area contributed by atoms with E-state index in [2.05, 4.69) is 27.7 Å². The van der Waals surface area contributed by atoms with Gasteiger partial charge in [0, 0.05) is 20.0 Å². The van der Waals surface area contributed by atoms with E-state index in [0.29, 0.717) is 5.69 Å². The van der Waals surface area contributed by atoms with Crippen molar-refractivity contribution in [1.29, 1.82) is 0 Å². The molecule has 0 saturated heterocycles. The number of aromatic nitrogens is 2. The Morgan fingerprint density at radius 2 is 2.40 bits per heavy atom. The third-order valence-electron chi connectivity index (χ3n) is 1.18. The first-order valence-electron chi connectivity index (χ1n) is 2.81. The monoisotopic (exact) mass is 250 g/mol. The van der Waals surface area contributed by atoms with Crippen LogP contribution in [-0.4, -0.2) is 15.6 Å². The average molecular weight is 250 g/mol. The van der Waals surface area contributed by atoms with E-state index < -0.39 is 0 Å². The molecule has 1 aromatic rings. The maximum Gasteiger partial charge on any atom is 0.180 e. The summed E-state index contributed by atoms with van der Waals surface area (Å²) in [5.41, 5.74) is 0.534. The summed E-state index contributed by atoms with van der Waals surface area (Å²) in [5, 5.41) is 3.97. The molecule has 0 N–H and O–H groups in total. The van der Waals surface area contributed by atoms with Crippen LogP contribution < -0.4 is 0 Å². The van der Waals surface area contributed by atoms with Crippen molar-refractivity contribution in [2.45, 2.75) is 6.92 Å². The third-order valence-corrected chi connectivity index (χ3v) is 2.19. The second-order valence-electron chi connectivity index (χ2n) is 2.03. The Bertz CT molecular complexity index is 247. The number of aryl methyl sites for hydroxylation is 1. The molecule has 0 aliphatic heterocycles. The number of Topliss-reactive ketones (excluding diaryl/α,β-unsaturated/α-hetero) is 1. The van der Waals surface area contributed by atoms with Crippen LogP contribution in [0.5, 0.6) is 0 Å². The van der Waals surface area contributed by atoms with Crippen LogP contribution in [0.25, 0.3) is 0 Å². The molecule has 54 valence electrons.